The lowest BCUT2D eigenvalue weighted by atomic mass is 9.99. The van der Waals surface area contributed by atoms with Crippen LogP contribution < -0.4 is 21.5 Å². The van der Waals surface area contributed by atoms with E-state index in [0.717, 1.165) is 58.5 Å². The minimum atomic E-state index is 0.476. The lowest BCUT2D eigenvalue weighted by molar-refractivity contribution is 0.312. The molecule has 0 unspecified atom stereocenters. The second-order valence-corrected chi connectivity index (χ2v) is 8.53. The molecule has 0 saturated heterocycles. The van der Waals surface area contributed by atoms with Crippen LogP contribution in [-0.2, 0) is 13.0 Å². The second-order valence-electron chi connectivity index (χ2n) is 8.53. The number of aromatic nitrogens is 3. The van der Waals surface area contributed by atoms with Gasteiger partial charge in [-0.1, -0.05) is 0 Å². The Morgan fingerprint density at radius 3 is 2.70 bits per heavy atom. The van der Waals surface area contributed by atoms with E-state index in [1.54, 1.807) is 25.7 Å². The van der Waals surface area contributed by atoms with Crippen molar-refractivity contribution in [1.82, 2.24) is 19.9 Å². The van der Waals surface area contributed by atoms with E-state index in [9.17, 15) is 0 Å². The van der Waals surface area contributed by atoms with Crippen LogP contribution in [0.4, 0.5) is 23.0 Å². The molecule has 5 N–H and O–H groups in total. The Labute approximate surface area is 192 Å². The van der Waals surface area contributed by atoms with Gasteiger partial charge < -0.3 is 26.4 Å². The van der Waals surface area contributed by atoms with Gasteiger partial charge in [0.25, 0.3) is 0 Å². The van der Waals surface area contributed by atoms with Gasteiger partial charge in [0, 0.05) is 42.1 Å². The Morgan fingerprint density at radius 1 is 1.03 bits per heavy atom. The number of rotatable bonds is 4. The van der Waals surface area contributed by atoms with Gasteiger partial charge in [0.05, 0.1) is 30.2 Å². The van der Waals surface area contributed by atoms with Gasteiger partial charge in [0.15, 0.2) is 0 Å². The van der Waals surface area contributed by atoms with Crippen LogP contribution in [0, 0.1) is 6.92 Å². The highest BCUT2D eigenvalue weighted by molar-refractivity contribution is 5.95. The molecule has 168 valence electrons. The maximum absolute atomic E-state index is 6.34. The summed E-state index contributed by atoms with van der Waals surface area (Å²) in [7, 11) is 3.81. The first-order chi connectivity index (χ1) is 15.9. The molecule has 3 heterocycles. The molecule has 5 rings (SSSR count). The summed E-state index contributed by atoms with van der Waals surface area (Å²) in [6.45, 7) is 3.92. The first-order valence-corrected chi connectivity index (χ1v) is 10.8. The van der Waals surface area contributed by atoms with Gasteiger partial charge >= 0.3 is 0 Å². The number of nitrogens with two attached hydrogens (primary N) is 2. The number of nitrogens with zero attached hydrogens (tertiary/aromatic N) is 4. The molecule has 4 aromatic rings. The number of ether oxygens (including phenoxy) is 1. The predicted molar refractivity (Wildman–Crippen MR) is 133 cm³/mol. The lowest BCUT2D eigenvalue weighted by Crippen LogP contribution is -2.26. The Balaban J connectivity index is 1.55. The zero-order valence-electron chi connectivity index (χ0n) is 19.0. The number of methoxy groups -OCH3 is 1. The van der Waals surface area contributed by atoms with Crippen LogP contribution in [-0.4, -0.2) is 40.6 Å². The Bertz CT molecular complexity index is 1370. The summed E-state index contributed by atoms with van der Waals surface area (Å²) in [4.78, 5) is 15.8. The molecule has 0 fully saturated rings. The molecule has 1 aliphatic heterocycles. The lowest BCUT2D eigenvalue weighted by Gasteiger charge is -2.26. The van der Waals surface area contributed by atoms with E-state index in [0.29, 0.717) is 17.3 Å². The van der Waals surface area contributed by atoms with E-state index < -0.39 is 0 Å². The highest BCUT2D eigenvalue weighted by Crippen LogP contribution is 2.34. The van der Waals surface area contributed by atoms with Gasteiger partial charge in [0.2, 0.25) is 5.95 Å². The normalized spacial score (nSPS) is 13.7. The SMILES string of the molecule is COc1cc2c(cc1Nc1ncc3c(N)cc(-c4cncc(N)c4C)cc3n1)CN(C)CC2. The molecule has 0 amide bonds. The van der Waals surface area contributed by atoms with Gasteiger partial charge in [-0.3, -0.25) is 4.98 Å². The van der Waals surface area contributed by atoms with Gasteiger partial charge in [-0.05, 0) is 66.9 Å². The average molecular weight is 442 g/mol. The molecule has 0 saturated carbocycles. The summed E-state index contributed by atoms with van der Waals surface area (Å²) in [5.74, 6) is 1.25. The quantitative estimate of drug-likeness (QED) is 0.408. The topological polar surface area (TPSA) is 115 Å². The zero-order chi connectivity index (χ0) is 23.1. The maximum atomic E-state index is 6.34. The fourth-order valence-electron chi connectivity index (χ4n) is 4.32. The molecule has 0 spiro atoms. The van der Waals surface area contributed by atoms with Gasteiger partial charge in [-0.15, -0.1) is 0 Å². The summed E-state index contributed by atoms with van der Waals surface area (Å²) in [5, 5.41) is 4.13. The van der Waals surface area contributed by atoms with Crippen LogP contribution in [0.1, 0.15) is 16.7 Å². The minimum absolute atomic E-state index is 0.476. The molecule has 1 aliphatic rings. The van der Waals surface area contributed by atoms with Crippen LogP contribution in [0.2, 0.25) is 0 Å². The number of anilines is 4. The van der Waals surface area contributed by atoms with Crippen LogP contribution in [0.5, 0.6) is 5.75 Å². The fourth-order valence-corrected chi connectivity index (χ4v) is 4.32. The third-order valence-corrected chi connectivity index (χ3v) is 6.27. The Morgan fingerprint density at radius 2 is 1.88 bits per heavy atom. The molecule has 0 atom stereocenters. The summed E-state index contributed by atoms with van der Waals surface area (Å²) in [6.07, 6.45) is 6.20. The second kappa shape index (κ2) is 8.22. The maximum Gasteiger partial charge on any atom is 0.227 e. The average Bonchev–Trinajstić information content (AvgIpc) is 2.80. The van der Waals surface area contributed by atoms with E-state index in [-0.39, 0.29) is 0 Å². The number of nitrogens with one attached hydrogen (secondary N) is 1. The van der Waals surface area contributed by atoms with Crippen molar-refractivity contribution in [1.29, 1.82) is 0 Å². The third-order valence-electron chi connectivity index (χ3n) is 6.27. The smallest absolute Gasteiger partial charge is 0.227 e. The molecule has 33 heavy (non-hydrogen) atoms. The van der Waals surface area contributed by atoms with Crippen molar-refractivity contribution in [3.05, 3.63) is 59.5 Å². The van der Waals surface area contributed by atoms with E-state index in [4.69, 9.17) is 21.2 Å². The van der Waals surface area contributed by atoms with Crippen molar-refractivity contribution in [3.63, 3.8) is 0 Å². The van der Waals surface area contributed by atoms with Crippen LogP contribution in [0.3, 0.4) is 0 Å². The summed E-state index contributed by atoms with van der Waals surface area (Å²) in [5.41, 5.74) is 20.6. The molecule has 0 radical (unpaired) electrons. The van der Waals surface area contributed by atoms with E-state index >= 15 is 0 Å². The van der Waals surface area contributed by atoms with Crippen molar-refractivity contribution in [3.8, 4) is 16.9 Å². The summed E-state index contributed by atoms with van der Waals surface area (Å²) < 4.78 is 5.65. The number of hydrogen-bond donors (Lipinski definition) is 3. The van der Waals surface area contributed by atoms with E-state index in [1.807, 2.05) is 19.1 Å². The number of hydrogen-bond acceptors (Lipinski definition) is 8. The largest absolute Gasteiger partial charge is 0.495 e. The highest BCUT2D eigenvalue weighted by Gasteiger charge is 2.18. The van der Waals surface area contributed by atoms with E-state index in [1.165, 1.54) is 11.1 Å². The van der Waals surface area contributed by atoms with Crippen molar-refractivity contribution in [2.24, 2.45) is 0 Å². The number of fused-ring (bicyclic) bond motifs is 2. The third kappa shape index (κ3) is 3.89. The molecule has 2 aromatic heterocycles. The van der Waals surface area contributed by atoms with Crippen molar-refractivity contribution in [2.45, 2.75) is 19.9 Å². The Hall–Kier alpha value is -3.91. The fraction of sp³-hybridized carbons (Fsp3) is 0.240. The molecule has 8 nitrogen and oxygen atoms in total. The zero-order valence-corrected chi connectivity index (χ0v) is 19.0. The van der Waals surface area contributed by atoms with Crippen LogP contribution >= 0.6 is 0 Å². The Kier molecular flexibility index (Phi) is 5.22. The molecule has 0 bridgehead atoms. The van der Waals surface area contributed by atoms with Crippen LogP contribution in [0.25, 0.3) is 22.0 Å². The van der Waals surface area contributed by atoms with Gasteiger partial charge in [-0.25, -0.2) is 9.97 Å². The monoisotopic (exact) mass is 441 g/mol. The van der Waals surface area contributed by atoms with E-state index in [2.05, 4.69) is 39.4 Å². The number of pyridine rings is 1. The van der Waals surface area contributed by atoms with Gasteiger partial charge in [0.1, 0.15) is 5.75 Å². The molecular weight excluding hydrogens is 414 g/mol. The first kappa shape index (κ1) is 21.0. The van der Waals surface area contributed by atoms with Crippen molar-refractivity contribution in [2.75, 3.05) is 37.5 Å². The molecule has 8 heteroatoms. The molecule has 2 aromatic carbocycles. The number of likely N-dealkylation sites (N-methyl/N-ethyl adjacent to an activating group) is 1. The summed E-state index contributed by atoms with van der Waals surface area (Å²) >= 11 is 0. The van der Waals surface area contributed by atoms with Crippen LogP contribution in [0.15, 0.2) is 42.9 Å². The highest BCUT2D eigenvalue weighted by atomic mass is 16.5. The number of benzene rings is 2. The van der Waals surface area contributed by atoms with Crippen molar-refractivity contribution >= 4 is 33.9 Å². The summed E-state index contributed by atoms with van der Waals surface area (Å²) in [6, 6.07) is 8.13. The first-order valence-electron chi connectivity index (χ1n) is 10.8. The standard InChI is InChI=1S/C25H27N7O/c1-14-18(10-28-12-21(14)27)16-6-20(26)19-11-29-25(30-22(19)7-16)31-23-8-17-13-32(2)5-4-15(17)9-24(23)33-3/h6-12H,4-5,13,26-27H2,1-3H3,(H,29,30,31). The van der Waals surface area contributed by atoms with Gasteiger partial charge in [-0.2, -0.15) is 0 Å². The number of nitrogen functional groups attached to an aromatic ring is 2. The molecule has 0 aliphatic carbocycles. The van der Waals surface area contributed by atoms with Crippen molar-refractivity contribution < 1.29 is 4.74 Å². The molecular formula is C25H27N7O. The minimum Gasteiger partial charge on any atom is -0.495 e. The predicted octanol–water partition coefficient (Wildman–Crippen LogP) is 3.90.